The molecule has 6 nitrogen and oxygen atoms in total. The molecule has 1 atom stereocenters. The molecule has 0 fully saturated rings. The van der Waals surface area contributed by atoms with E-state index in [9.17, 15) is 22.8 Å². The maximum atomic E-state index is 13.2. The van der Waals surface area contributed by atoms with Crippen LogP contribution in [0.25, 0.3) is 11.4 Å². The lowest BCUT2D eigenvalue weighted by molar-refractivity contribution is -0.137. The van der Waals surface area contributed by atoms with E-state index in [-0.39, 0.29) is 11.5 Å². The number of carbonyl (C=O) groups excluding carboxylic acids is 1. The molecule has 1 amide bonds. The molecule has 0 saturated carbocycles. The highest BCUT2D eigenvalue weighted by Crippen LogP contribution is 2.31. The van der Waals surface area contributed by atoms with E-state index in [1.165, 1.54) is 19.2 Å². The Balaban J connectivity index is 1.70. The second-order valence-corrected chi connectivity index (χ2v) is 7.64. The molecule has 0 aliphatic heterocycles. The zero-order valence-electron chi connectivity index (χ0n) is 18.5. The van der Waals surface area contributed by atoms with Crippen molar-refractivity contribution in [1.29, 1.82) is 0 Å². The van der Waals surface area contributed by atoms with E-state index >= 15 is 0 Å². The Kier molecular flexibility index (Phi) is 6.68. The molecule has 1 aromatic heterocycles. The van der Waals surface area contributed by atoms with Gasteiger partial charge < -0.3 is 15.0 Å². The van der Waals surface area contributed by atoms with Gasteiger partial charge in [0.25, 0.3) is 11.5 Å². The first-order valence-electron chi connectivity index (χ1n) is 10.5. The van der Waals surface area contributed by atoms with Crippen LogP contribution in [0.3, 0.4) is 0 Å². The summed E-state index contributed by atoms with van der Waals surface area (Å²) in [5.41, 5.74) is 0.202. The fraction of sp³-hybridized carbons (Fsp3) is 0.115. The molecule has 1 unspecified atom stereocenters. The Bertz CT molecular complexity index is 1370. The average Bonchev–Trinajstić information content (AvgIpc) is 2.87. The summed E-state index contributed by atoms with van der Waals surface area (Å²) < 4.78 is 44.3. The van der Waals surface area contributed by atoms with Crippen molar-refractivity contribution in [3.8, 4) is 17.1 Å². The van der Waals surface area contributed by atoms with Crippen molar-refractivity contribution in [2.45, 2.75) is 12.2 Å². The summed E-state index contributed by atoms with van der Waals surface area (Å²) in [4.78, 5) is 32.3. The Hall–Kier alpha value is -4.40. The number of H-pyrrole nitrogens is 1. The van der Waals surface area contributed by atoms with Crippen molar-refractivity contribution in [1.82, 2.24) is 15.3 Å². The van der Waals surface area contributed by atoms with Crippen LogP contribution in [0.5, 0.6) is 5.75 Å². The van der Waals surface area contributed by atoms with Gasteiger partial charge in [-0.2, -0.15) is 13.2 Å². The number of hydrogen-bond acceptors (Lipinski definition) is 4. The highest BCUT2D eigenvalue weighted by molar-refractivity contribution is 5.93. The van der Waals surface area contributed by atoms with Crippen molar-refractivity contribution in [2.24, 2.45) is 0 Å². The molecule has 0 spiro atoms. The van der Waals surface area contributed by atoms with Crippen LogP contribution in [-0.2, 0) is 6.18 Å². The number of aromatic amines is 1. The summed E-state index contributed by atoms with van der Waals surface area (Å²) >= 11 is 0. The van der Waals surface area contributed by atoms with Gasteiger partial charge in [0.15, 0.2) is 0 Å². The van der Waals surface area contributed by atoms with E-state index in [0.717, 1.165) is 18.2 Å². The summed E-state index contributed by atoms with van der Waals surface area (Å²) in [7, 11) is 1.51. The molecular formula is C26H20F3N3O3. The molecule has 35 heavy (non-hydrogen) atoms. The number of amides is 1. The number of benzene rings is 3. The third-order valence-electron chi connectivity index (χ3n) is 5.32. The molecule has 0 radical (unpaired) electrons. The molecule has 178 valence electrons. The fourth-order valence-corrected chi connectivity index (χ4v) is 3.53. The molecule has 4 aromatic rings. The van der Waals surface area contributed by atoms with E-state index in [1.807, 2.05) is 6.07 Å². The predicted molar refractivity (Wildman–Crippen MR) is 124 cm³/mol. The average molecular weight is 479 g/mol. The van der Waals surface area contributed by atoms with E-state index in [1.54, 1.807) is 48.5 Å². The number of hydrogen-bond donors (Lipinski definition) is 2. The van der Waals surface area contributed by atoms with Gasteiger partial charge in [-0.05, 0) is 35.4 Å². The quantitative estimate of drug-likeness (QED) is 0.408. The number of ether oxygens (including phenoxy) is 1. The van der Waals surface area contributed by atoms with E-state index < -0.39 is 29.2 Å². The lowest BCUT2D eigenvalue weighted by atomic mass is 9.97. The van der Waals surface area contributed by atoms with Crippen LogP contribution in [0.15, 0.2) is 89.7 Å². The molecule has 0 aliphatic rings. The number of alkyl halides is 3. The minimum absolute atomic E-state index is 0.127. The predicted octanol–water partition coefficient (Wildman–Crippen LogP) is 4.98. The van der Waals surface area contributed by atoms with Gasteiger partial charge in [-0.25, -0.2) is 4.98 Å². The lowest BCUT2D eigenvalue weighted by Gasteiger charge is -2.21. The summed E-state index contributed by atoms with van der Waals surface area (Å²) in [6.07, 6.45) is -4.49. The first kappa shape index (κ1) is 23.7. The smallest absolute Gasteiger partial charge is 0.416 e. The maximum Gasteiger partial charge on any atom is 0.416 e. The number of halogens is 3. The van der Waals surface area contributed by atoms with Crippen LogP contribution in [0, 0.1) is 0 Å². The summed E-state index contributed by atoms with van der Waals surface area (Å²) in [5.74, 6) is 0.141. The number of rotatable bonds is 6. The third-order valence-corrected chi connectivity index (χ3v) is 5.32. The van der Waals surface area contributed by atoms with Crippen molar-refractivity contribution >= 4 is 5.91 Å². The molecule has 2 N–H and O–H groups in total. The Labute approximate surface area is 198 Å². The zero-order valence-corrected chi connectivity index (χ0v) is 18.5. The molecule has 0 bridgehead atoms. The van der Waals surface area contributed by atoms with Gasteiger partial charge in [-0.3, -0.25) is 9.59 Å². The van der Waals surface area contributed by atoms with Crippen molar-refractivity contribution in [3.63, 3.8) is 0 Å². The van der Waals surface area contributed by atoms with Crippen LogP contribution >= 0.6 is 0 Å². The van der Waals surface area contributed by atoms with Crippen molar-refractivity contribution in [2.75, 3.05) is 7.11 Å². The molecular weight excluding hydrogens is 459 g/mol. The lowest BCUT2D eigenvalue weighted by Crippen LogP contribution is -2.31. The highest BCUT2D eigenvalue weighted by atomic mass is 19.4. The van der Waals surface area contributed by atoms with E-state index in [4.69, 9.17) is 4.74 Å². The second-order valence-electron chi connectivity index (χ2n) is 7.64. The molecule has 1 heterocycles. The van der Waals surface area contributed by atoms with Gasteiger partial charge in [-0.15, -0.1) is 0 Å². The maximum absolute atomic E-state index is 13.2. The summed E-state index contributed by atoms with van der Waals surface area (Å²) in [5, 5.41) is 2.79. The largest absolute Gasteiger partial charge is 0.497 e. The van der Waals surface area contributed by atoms with Crippen molar-refractivity contribution in [3.05, 3.63) is 118 Å². The molecule has 4 rings (SSSR count). The Morgan fingerprint density at radius 1 is 0.943 bits per heavy atom. The third kappa shape index (κ3) is 5.57. The number of methoxy groups -OCH3 is 1. The minimum Gasteiger partial charge on any atom is -0.497 e. The minimum atomic E-state index is -4.49. The molecule has 9 heteroatoms. The van der Waals surface area contributed by atoms with Gasteiger partial charge in [0.1, 0.15) is 17.3 Å². The van der Waals surface area contributed by atoms with E-state index in [0.29, 0.717) is 22.4 Å². The SMILES string of the molecule is COc1ccc(C(NC(=O)c2cc(=O)[nH]c(-c3ccccc3)n2)c2ccc(C(F)(F)F)cc2)cc1. The summed E-state index contributed by atoms with van der Waals surface area (Å²) in [6.45, 7) is 0. The molecule has 3 aromatic carbocycles. The highest BCUT2D eigenvalue weighted by Gasteiger charge is 2.30. The monoisotopic (exact) mass is 479 g/mol. The normalized spacial score (nSPS) is 12.1. The number of carbonyl (C=O) groups is 1. The number of aromatic nitrogens is 2. The number of nitrogens with zero attached hydrogens (tertiary/aromatic N) is 1. The van der Waals surface area contributed by atoms with Crippen LogP contribution < -0.4 is 15.6 Å². The first-order valence-corrected chi connectivity index (χ1v) is 10.5. The second kappa shape index (κ2) is 9.84. The Morgan fingerprint density at radius 3 is 2.11 bits per heavy atom. The van der Waals surface area contributed by atoms with Crippen LogP contribution in [-0.4, -0.2) is 23.0 Å². The van der Waals surface area contributed by atoms with Crippen molar-refractivity contribution < 1.29 is 22.7 Å². The van der Waals surface area contributed by atoms with E-state index in [2.05, 4.69) is 15.3 Å². The van der Waals surface area contributed by atoms with Gasteiger partial charge in [-0.1, -0.05) is 54.6 Å². The fourth-order valence-electron chi connectivity index (χ4n) is 3.53. The molecule has 0 saturated heterocycles. The zero-order chi connectivity index (χ0) is 25.0. The van der Waals surface area contributed by atoms with Crippen LogP contribution in [0.1, 0.15) is 33.2 Å². The standard InChI is InChI=1S/C26H20F3N3O3/c1-35-20-13-9-17(10-14-20)23(16-7-11-19(12-8-16)26(27,28)29)32-25(34)21-15-22(33)31-24(30-21)18-5-3-2-4-6-18/h2-15,23H,1H3,(H,32,34)(H,30,31,33). The Morgan fingerprint density at radius 2 is 1.54 bits per heavy atom. The van der Waals surface area contributed by atoms with Crippen LogP contribution in [0.4, 0.5) is 13.2 Å². The van der Waals surface area contributed by atoms with Crippen LogP contribution in [0.2, 0.25) is 0 Å². The first-order chi connectivity index (χ1) is 16.7. The molecule has 0 aliphatic carbocycles. The van der Waals surface area contributed by atoms with Gasteiger partial charge >= 0.3 is 6.18 Å². The number of nitrogens with one attached hydrogen (secondary N) is 2. The topological polar surface area (TPSA) is 84.1 Å². The van der Waals surface area contributed by atoms with Gasteiger partial charge in [0, 0.05) is 11.6 Å². The summed E-state index contributed by atoms with van der Waals surface area (Å²) in [6, 6.07) is 20.4. The van der Waals surface area contributed by atoms with Gasteiger partial charge in [0.2, 0.25) is 0 Å². The van der Waals surface area contributed by atoms with Gasteiger partial charge in [0.05, 0.1) is 18.7 Å².